The number of carbonyl (C=O) groups excluding carboxylic acids is 1. The first-order valence-electron chi connectivity index (χ1n) is 4.12. The molecule has 0 aliphatic carbocycles. The van der Waals surface area contributed by atoms with E-state index in [1.165, 1.54) is 34.7 Å². The predicted octanol–water partition coefficient (Wildman–Crippen LogP) is 1.38. The van der Waals surface area contributed by atoms with E-state index in [2.05, 4.69) is 4.74 Å². The van der Waals surface area contributed by atoms with Crippen molar-refractivity contribution in [1.29, 1.82) is 0 Å². The van der Waals surface area contributed by atoms with Crippen molar-refractivity contribution in [3.63, 3.8) is 0 Å². The quantitative estimate of drug-likeness (QED) is 0.348. The molecular formula is C8H5F2IO6S. The number of benzene rings is 1. The zero-order valence-electron chi connectivity index (χ0n) is 8.30. The first kappa shape index (κ1) is 15.0. The Hall–Kier alpha value is -1.01. The fraction of sp³-hybridized carbons (Fsp3) is 0.125. The maximum absolute atomic E-state index is 12.9. The minimum absolute atomic E-state index is 0.0606. The summed E-state index contributed by atoms with van der Waals surface area (Å²) >= 11 is 1.50. The molecule has 0 aromatic heterocycles. The van der Waals surface area contributed by atoms with Crippen molar-refractivity contribution in [1.82, 2.24) is 0 Å². The molecule has 0 aliphatic rings. The number of esters is 1. The van der Waals surface area contributed by atoms with Crippen molar-refractivity contribution in [3.8, 4) is 11.5 Å². The van der Waals surface area contributed by atoms with Gasteiger partial charge in [0.1, 0.15) is 11.5 Å². The topological polar surface area (TPSA) is 101 Å². The van der Waals surface area contributed by atoms with Crippen molar-refractivity contribution in [2.24, 2.45) is 0 Å². The van der Waals surface area contributed by atoms with Gasteiger partial charge in [-0.3, -0.25) is 4.55 Å². The Labute approximate surface area is 113 Å². The van der Waals surface area contributed by atoms with Gasteiger partial charge >= 0.3 is 21.3 Å². The molecule has 18 heavy (non-hydrogen) atoms. The molecule has 100 valence electrons. The second-order valence-electron chi connectivity index (χ2n) is 2.97. The van der Waals surface area contributed by atoms with Crippen LogP contribution in [0.2, 0.25) is 0 Å². The van der Waals surface area contributed by atoms with Crippen LogP contribution < -0.4 is 4.74 Å². The summed E-state index contributed by atoms with van der Waals surface area (Å²) in [4.78, 5) is 10.9. The minimum atomic E-state index is -5.92. The molecule has 0 spiro atoms. The first-order valence-corrected chi connectivity index (χ1v) is 6.64. The van der Waals surface area contributed by atoms with Gasteiger partial charge in [0, 0.05) is 0 Å². The fourth-order valence-electron chi connectivity index (χ4n) is 0.843. The van der Waals surface area contributed by atoms with Gasteiger partial charge in [0.2, 0.25) is 0 Å². The molecule has 1 aromatic carbocycles. The van der Waals surface area contributed by atoms with E-state index in [0.29, 0.717) is 0 Å². The van der Waals surface area contributed by atoms with Crippen molar-refractivity contribution >= 4 is 38.7 Å². The van der Waals surface area contributed by atoms with Gasteiger partial charge in [-0.2, -0.15) is 17.2 Å². The number of aromatic hydroxyl groups is 1. The normalized spacial score (nSPS) is 12.2. The molecule has 0 fully saturated rings. The first-order chi connectivity index (χ1) is 8.07. The lowest BCUT2D eigenvalue weighted by atomic mass is 10.3. The third kappa shape index (κ3) is 2.87. The van der Waals surface area contributed by atoms with E-state index in [4.69, 9.17) is 4.55 Å². The molecule has 1 rings (SSSR count). The van der Waals surface area contributed by atoms with Crippen LogP contribution in [0.5, 0.6) is 11.5 Å². The van der Waals surface area contributed by atoms with Crippen LogP contribution in [0.15, 0.2) is 18.2 Å². The van der Waals surface area contributed by atoms with Crippen LogP contribution in [0.3, 0.4) is 0 Å². The molecule has 0 bridgehead atoms. The Bertz CT molecular complexity index is 585. The molecule has 0 amide bonds. The maximum Gasteiger partial charge on any atom is 0.466 e. The van der Waals surface area contributed by atoms with E-state index in [1.807, 2.05) is 0 Å². The number of phenols is 1. The molecule has 6 nitrogen and oxygen atoms in total. The van der Waals surface area contributed by atoms with E-state index in [1.54, 1.807) is 0 Å². The highest BCUT2D eigenvalue weighted by molar-refractivity contribution is 14.1. The summed E-state index contributed by atoms with van der Waals surface area (Å²) in [5, 5.41) is 4.14. The van der Waals surface area contributed by atoms with Gasteiger partial charge in [0.05, 0.1) is 3.57 Å². The summed E-state index contributed by atoms with van der Waals surface area (Å²) < 4.78 is 58.6. The van der Waals surface area contributed by atoms with Gasteiger partial charge < -0.3 is 9.84 Å². The minimum Gasteiger partial charge on any atom is -0.507 e. The third-order valence-corrected chi connectivity index (χ3v) is 3.61. The van der Waals surface area contributed by atoms with Gasteiger partial charge in [0.15, 0.2) is 0 Å². The molecule has 0 saturated heterocycles. The summed E-state index contributed by atoms with van der Waals surface area (Å²) in [6, 6.07) is 3.48. The van der Waals surface area contributed by atoms with Gasteiger partial charge in [-0.05, 0) is 34.7 Å². The summed E-state index contributed by atoms with van der Waals surface area (Å²) in [6.07, 6.45) is 0. The van der Waals surface area contributed by atoms with E-state index < -0.39 is 27.1 Å². The third-order valence-electron chi connectivity index (χ3n) is 1.71. The zero-order chi connectivity index (χ0) is 14.1. The predicted molar refractivity (Wildman–Crippen MR) is 63.0 cm³/mol. The molecule has 0 atom stereocenters. The monoisotopic (exact) mass is 394 g/mol. The van der Waals surface area contributed by atoms with Crippen molar-refractivity contribution in [2.75, 3.05) is 0 Å². The van der Waals surface area contributed by atoms with Crippen LogP contribution in [0, 0.1) is 3.57 Å². The van der Waals surface area contributed by atoms with E-state index in [9.17, 15) is 27.1 Å². The standard InChI is InChI=1S/C8H5F2IO6S/c9-8(10,18(14,15)16)7(13)17-5-3-1-2-4(12)6(5)11/h1-3,12H,(H,14,15,16). The van der Waals surface area contributed by atoms with E-state index in [0.717, 1.165) is 6.07 Å². The SMILES string of the molecule is O=C(Oc1cccc(O)c1I)C(F)(F)S(=O)(=O)O. The van der Waals surface area contributed by atoms with Crippen LogP contribution in [-0.2, 0) is 14.9 Å². The van der Waals surface area contributed by atoms with Gasteiger partial charge in [-0.25, -0.2) is 4.79 Å². The van der Waals surface area contributed by atoms with Gasteiger partial charge in [-0.1, -0.05) is 6.07 Å². The van der Waals surface area contributed by atoms with Crippen LogP contribution >= 0.6 is 22.6 Å². The maximum atomic E-state index is 12.9. The fourth-order valence-corrected chi connectivity index (χ4v) is 1.56. The van der Waals surface area contributed by atoms with Gasteiger partial charge in [-0.15, -0.1) is 0 Å². The molecule has 0 aliphatic heterocycles. The summed E-state index contributed by atoms with van der Waals surface area (Å²) in [5.41, 5.74) is 0. The summed E-state index contributed by atoms with van der Waals surface area (Å²) in [6.45, 7) is 0. The Kier molecular flexibility index (Phi) is 4.12. The molecule has 0 unspecified atom stereocenters. The van der Waals surface area contributed by atoms with Crippen LogP contribution in [0.1, 0.15) is 0 Å². The highest BCUT2D eigenvalue weighted by Crippen LogP contribution is 2.31. The van der Waals surface area contributed by atoms with Crippen molar-refractivity contribution < 1.29 is 36.4 Å². The Balaban J connectivity index is 3.06. The Morgan fingerprint density at radius 2 is 1.94 bits per heavy atom. The lowest BCUT2D eigenvalue weighted by Crippen LogP contribution is -2.40. The van der Waals surface area contributed by atoms with Crippen molar-refractivity contribution in [3.05, 3.63) is 21.8 Å². The van der Waals surface area contributed by atoms with Crippen LogP contribution in [0.4, 0.5) is 8.78 Å². The second kappa shape index (κ2) is 4.93. The molecule has 0 heterocycles. The number of alkyl halides is 2. The smallest absolute Gasteiger partial charge is 0.466 e. The van der Waals surface area contributed by atoms with Crippen LogP contribution in [-0.4, -0.2) is 29.3 Å². The number of phenolic OH excluding ortho intramolecular Hbond substituents is 1. The lowest BCUT2D eigenvalue weighted by molar-refractivity contribution is -0.151. The summed E-state index contributed by atoms with van der Waals surface area (Å²) in [7, 11) is -5.92. The number of rotatable bonds is 3. The second-order valence-corrected chi connectivity index (χ2v) is 5.51. The highest BCUT2D eigenvalue weighted by atomic mass is 127. The number of halogens is 3. The molecule has 1 aromatic rings. The van der Waals surface area contributed by atoms with Crippen molar-refractivity contribution in [2.45, 2.75) is 5.25 Å². The van der Waals surface area contributed by atoms with E-state index >= 15 is 0 Å². The number of hydrogen-bond donors (Lipinski definition) is 2. The molecule has 10 heteroatoms. The van der Waals surface area contributed by atoms with Gasteiger partial charge in [0.25, 0.3) is 0 Å². The average molecular weight is 394 g/mol. The van der Waals surface area contributed by atoms with E-state index in [-0.39, 0.29) is 9.32 Å². The molecule has 0 saturated carbocycles. The molecular weight excluding hydrogens is 389 g/mol. The largest absolute Gasteiger partial charge is 0.507 e. The van der Waals surface area contributed by atoms with Crippen LogP contribution in [0.25, 0.3) is 0 Å². The molecule has 0 radical (unpaired) electrons. The number of hydrogen-bond acceptors (Lipinski definition) is 5. The number of ether oxygens (including phenoxy) is 1. The Morgan fingerprint density at radius 3 is 2.44 bits per heavy atom. The highest BCUT2D eigenvalue weighted by Gasteiger charge is 2.54. The Morgan fingerprint density at radius 1 is 1.39 bits per heavy atom. The average Bonchev–Trinajstić information content (AvgIpc) is 2.23. The zero-order valence-corrected chi connectivity index (χ0v) is 11.3. The summed E-state index contributed by atoms with van der Waals surface area (Å²) in [5.74, 6) is -3.26. The lowest BCUT2D eigenvalue weighted by Gasteiger charge is -2.12. The number of carbonyl (C=O) groups is 1. The molecule has 2 N–H and O–H groups in total.